The Kier molecular flexibility index (Phi) is 4.04. The SMILES string of the molecule is CC(C)=CC(=O)Nc1ccc(C(=O)O)cc1C. The average Bonchev–Trinajstić information content (AvgIpc) is 2.19. The molecular formula is C13H15NO3. The molecule has 0 spiro atoms. The summed E-state index contributed by atoms with van der Waals surface area (Å²) in [6.45, 7) is 5.42. The Hall–Kier alpha value is -2.10. The molecule has 4 nitrogen and oxygen atoms in total. The van der Waals surface area contributed by atoms with Gasteiger partial charge in [-0.15, -0.1) is 0 Å². The van der Waals surface area contributed by atoms with Crippen LogP contribution in [0.1, 0.15) is 29.8 Å². The Morgan fingerprint density at radius 2 is 1.94 bits per heavy atom. The number of carbonyl (C=O) groups excluding carboxylic acids is 1. The van der Waals surface area contributed by atoms with Crippen LogP contribution in [-0.2, 0) is 4.79 Å². The van der Waals surface area contributed by atoms with E-state index in [1.54, 1.807) is 13.0 Å². The number of hydrogen-bond acceptors (Lipinski definition) is 2. The third-order valence-corrected chi connectivity index (χ3v) is 2.15. The minimum Gasteiger partial charge on any atom is -0.478 e. The Morgan fingerprint density at radius 3 is 2.41 bits per heavy atom. The molecule has 1 amide bonds. The van der Waals surface area contributed by atoms with E-state index in [4.69, 9.17) is 5.11 Å². The molecule has 0 atom stereocenters. The molecule has 1 aromatic carbocycles. The second-order valence-corrected chi connectivity index (χ2v) is 4.05. The second-order valence-electron chi connectivity index (χ2n) is 4.05. The van der Waals surface area contributed by atoms with Crippen LogP contribution >= 0.6 is 0 Å². The van der Waals surface area contributed by atoms with Crippen LogP contribution in [-0.4, -0.2) is 17.0 Å². The summed E-state index contributed by atoms with van der Waals surface area (Å²) in [5.74, 6) is -1.19. The lowest BCUT2D eigenvalue weighted by atomic mass is 10.1. The average molecular weight is 233 g/mol. The van der Waals surface area contributed by atoms with Gasteiger partial charge in [0.15, 0.2) is 0 Å². The maximum Gasteiger partial charge on any atom is 0.335 e. The number of aryl methyl sites for hydroxylation is 1. The fourth-order valence-electron chi connectivity index (χ4n) is 1.37. The predicted octanol–water partition coefficient (Wildman–Crippen LogP) is 2.60. The number of carboxylic acids is 1. The molecule has 0 saturated carbocycles. The lowest BCUT2D eigenvalue weighted by Crippen LogP contribution is -2.10. The molecule has 0 fully saturated rings. The maximum absolute atomic E-state index is 11.5. The summed E-state index contributed by atoms with van der Waals surface area (Å²) in [7, 11) is 0. The number of allylic oxidation sites excluding steroid dienone is 1. The van der Waals surface area contributed by atoms with Gasteiger partial charge in [0.1, 0.15) is 0 Å². The van der Waals surface area contributed by atoms with Crippen molar-refractivity contribution in [1.82, 2.24) is 0 Å². The molecule has 4 heteroatoms. The monoisotopic (exact) mass is 233 g/mol. The molecule has 1 aromatic rings. The van der Waals surface area contributed by atoms with Gasteiger partial charge in [-0.1, -0.05) is 5.57 Å². The molecule has 0 aliphatic carbocycles. The molecule has 0 bridgehead atoms. The minimum absolute atomic E-state index is 0.211. The van der Waals surface area contributed by atoms with Gasteiger partial charge in [-0.25, -0.2) is 4.79 Å². The molecule has 1 rings (SSSR count). The first-order valence-electron chi connectivity index (χ1n) is 5.20. The third kappa shape index (κ3) is 3.75. The van der Waals surface area contributed by atoms with Crippen molar-refractivity contribution in [2.45, 2.75) is 20.8 Å². The van der Waals surface area contributed by atoms with Crippen molar-refractivity contribution in [3.63, 3.8) is 0 Å². The molecule has 0 heterocycles. The minimum atomic E-state index is -0.977. The van der Waals surface area contributed by atoms with Gasteiger partial charge in [0.25, 0.3) is 0 Å². The van der Waals surface area contributed by atoms with Crippen LogP contribution in [0.5, 0.6) is 0 Å². The zero-order chi connectivity index (χ0) is 13.0. The molecule has 90 valence electrons. The topological polar surface area (TPSA) is 66.4 Å². The van der Waals surface area contributed by atoms with Crippen LogP contribution in [0.4, 0.5) is 5.69 Å². The standard InChI is InChI=1S/C13H15NO3/c1-8(2)6-12(15)14-11-5-4-10(13(16)17)7-9(11)3/h4-7H,1-3H3,(H,14,15)(H,16,17). The lowest BCUT2D eigenvalue weighted by Gasteiger charge is -2.07. The van der Waals surface area contributed by atoms with E-state index in [9.17, 15) is 9.59 Å². The Morgan fingerprint density at radius 1 is 1.29 bits per heavy atom. The van der Waals surface area contributed by atoms with Crippen molar-refractivity contribution in [3.8, 4) is 0 Å². The highest BCUT2D eigenvalue weighted by Crippen LogP contribution is 2.16. The number of carboxylic acid groups (broad SMARTS) is 1. The van der Waals surface area contributed by atoms with Gasteiger partial charge in [0, 0.05) is 11.8 Å². The van der Waals surface area contributed by atoms with Gasteiger partial charge in [-0.05, 0) is 44.5 Å². The van der Waals surface area contributed by atoms with Crippen LogP contribution in [0, 0.1) is 6.92 Å². The highest BCUT2D eigenvalue weighted by molar-refractivity contribution is 6.00. The first-order valence-corrected chi connectivity index (χ1v) is 5.20. The summed E-state index contributed by atoms with van der Waals surface area (Å²) in [6, 6.07) is 4.59. The van der Waals surface area contributed by atoms with E-state index < -0.39 is 5.97 Å². The van der Waals surface area contributed by atoms with Crippen molar-refractivity contribution in [2.24, 2.45) is 0 Å². The predicted molar refractivity (Wildman–Crippen MR) is 66.2 cm³/mol. The number of carbonyl (C=O) groups is 2. The zero-order valence-corrected chi connectivity index (χ0v) is 10.1. The largest absolute Gasteiger partial charge is 0.478 e. The van der Waals surface area contributed by atoms with Crippen molar-refractivity contribution >= 4 is 17.6 Å². The smallest absolute Gasteiger partial charge is 0.335 e. The van der Waals surface area contributed by atoms with E-state index in [1.807, 2.05) is 13.8 Å². The van der Waals surface area contributed by atoms with Crippen molar-refractivity contribution in [3.05, 3.63) is 41.0 Å². The molecule has 0 radical (unpaired) electrons. The Labute approximate surface area is 100.0 Å². The van der Waals surface area contributed by atoms with Gasteiger partial charge >= 0.3 is 5.97 Å². The number of aromatic carboxylic acids is 1. The van der Waals surface area contributed by atoms with Gasteiger partial charge in [-0.3, -0.25) is 4.79 Å². The highest BCUT2D eigenvalue weighted by Gasteiger charge is 2.06. The summed E-state index contributed by atoms with van der Waals surface area (Å²) in [4.78, 5) is 22.2. The van der Waals surface area contributed by atoms with E-state index in [-0.39, 0.29) is 11.5 Å². The molecule has 0 aromatic heterocycles. The van der Waals surface area contributed by atoms with Crippen LogP contribution in [0.25, 0.3) is 0 Å². The summed E-state index contributed by atoms with van der Waals surface area (Å²) in [5, 5.41) is 11.5. The van der Waals surface area contributed by atoms with Gasteiger partial charge in [0.2, 0.25) is 5.91 Å². The summed E-state index contributed by atoms with van der Waals surface area (Å²) in [5.41, 5.74) is 2.46. The molecule has 0 unspecified atom stereocenters. The van der Waals surface area contributed by atoms with E-state index in [0.29, 0.717) is 5.69 Å². The molecule has 2 N–H and O–H groups in total. The number of hydrogen-bond donors (Lipinski definition) is 2. The first kappa shape index (κ1) is 13.0. The highest BCUT2D eigenvalue weighted by atomic mass is 16.4. The van der Waals surface area contributed by atoms with E-state index in [0.717, 1.165) is 11.1 Å². The zero-order valence-electron chi connectivity index (χ0n) is 10.1. The van der Waals surface area contributed by atoms with Crippen molar-refractivity contribution in [2.75, 3.05) is 5.32 Å². The normalized spacial score (nSPS) is 9.59. The summed E-state index contributed by atoms with van der Waals surface area (Å²) in [6.07, 6.45) is 1.49. The van der Waals surface area contributed by atoms with Gasteiger partial charge in [-0.2, -0.15) is 0 Å². The Bertz CT molecular complexity index is 485. The van der Waals surface area contributed by atoms with Crippen LogP contribution in [0.2, 0.25) is 0 Å². The number of amides is 1. The first-order chi connectivity index (χ1) is 7.90. The van der Waals surface area contributed by atoms with Crippen LogP contribution in [0.15, 0.2) is 29.8 Å². The molecule has 0 aliphatic rings. The second kappa shape index (κ2) is 5.30. The van der Waals surface area contributed by atoms with Crippen molar-refractivity contribution < 1.29 is 14.7 Å². The molecular weight excluding hydrogens is 218 g/mol. The maximum atomic E-state index is 11.5. The summed E-state index contributed by atoms with van der Waals surface area (Å²) >= 11 is 0. The number of benzene rings is 1. The van der Waals surface area contributed by atoms with Crippen molar-refractivity contribution in [1.29, 1.82) is 0 Å². The van der Waals surface area contributed by atoms with E-state index in [1.165, 1.54) is 18.2 Å². The summed E-state index contributed by atoms with van der Waals surface area (Å²) < 4.78 is 0. The Balaban J connectivity index is 2.90. The fourth-order valence-corrected chi connectivity index (χ4v) is 1.37. The van der Waals surface area contributed by atoms with Crippen LogP contribution < -0.4 is 5.32 Å². The molecule has 0 aliphatic heterocycles. The number of rotatable bonds is 3. The quantitative estimate of drug-likeness (QED) is 0.788. The fraction of sp³-hybridized carbons (Fsp3) is 0.231. The molecule has 17 heavy (non-hydrogen) atoms. The van der Waals surface area contributed by atoms with E-state index in [2.05, 4.69) is 5.32 Å². The van der Waals surface area contributed by atoms with E-state index >= 15 is 0 Å². The number of nitrogens with one attached hydrogen (secondary N) is 1. The number of anilines is 1. The lowest BCUT2D eigenvalue weighted by molar-refractivity contribution is -0.112. The van der Waals surface area contributed by atoms with Crippen LogP contribution in [0.3, 0.4) is 0 Å². The third-order valence-electron chi connectivity index (χ3n) is 2.15. The van der Waals surface area contributed by atoms with Gasteiger partial charge in [0.05, 0.1) is 5.56 Å². The van der Waals surface area contributed by atoms with Gasteiger partial charge < -0.3 is 10.4 Å². The molecule has 0 saturated heterocycles.